The van der Waals surface area contributed by atoms with Gasteiger partial charge in [-0.05, 0) is 73.6 Å². The third kappa shape index (κ3) is 7.81. The van der Waals surface area contributed by atoms with Crippen molar-refractivity contribution in [2.75, 3.05) is 39.2 Å². The van der Waals surface area contributed by atoms with E-state index in [2.05, 4.69) is 42.9 Å². The third-order valence-corrected chi connectivity index (χ3v) is 6.60. The minimum Gasteiger partial charge on any atom is -0.385 e. The zero-order chi connectivity index (χ0) is 27.7. The molecule has 2 N–H and O–H groups in total. The minimum absolute atomic E-state index is 0.0668. The number of carbonyl (C=O) groups excluding carboxylic acids is 2. The molecule has 8 nitrogen and oxygen atoms in total. The van der Waals surface area contributed by atoms with E-state index in [1.807, 2.05) is 35.2 Å². The lowest BCUT2D eigenvalue weighted by Crippen LogP contribution is -2.34. The zero-order valence-electron chi connectivity index (χ0n) is 23.7. The lowest BCUT2D eigenvalue weighted by Gasteiger charge is -2.24. The molecule has 0 unspecified atom stereocenters. The Morgan fingerprint density at radius 1 is 0.974 bits per heavy atom. The van der Waals surface area contributed by atoms with Crippen LogP contribution in [0.1, 0.15) is 67.7 Å². The van der Waals surface area contributed by atoms with Crippen molar-refractivity contribution in [3.63, 3.8) is 0 Å². The highest BCUT2D eigenvalue weighted by atomic mass is 16.5. The summed E-state index contributed by atoms with van der Waals surface area (Å²) in [6.07, 6.45) is 2.76. The number of anilines is 2. The Morgan fingerprint density at radius 2 is 1.61 bits per heavy atom. The van der Waals surface area contributed by atoms with Crippen LogP contribution in [0.2, 0.25) is 0 Å². The number of ether oxygens (including phenoxy) is 1. The molecule has 0 aliphatic carbocycles. The molecule has 0 spiro atoms. The molecule has 3 rings (SSSR count). The number of rotatable bonds is 14. The molecule has 2 amide bonds. The van der Waals surface area contributed by atoms with Gasteiger partial charge in [0, 0.05) is 57.2 Å². The number of carbonyl (C=O) groups is 2. The van der Waals surface area contributed by atoms with Gasteiger partial charge >= 0.3 is 0 Å². The second-order valence-corrected chi connectivity index (χ2v) is 10.6. The van der Waals surface area contributed by atoms with Gasteiger partial charge in [0.15, 0.2) is 0 Å². The Morgan fingerprint density at radius 3 is 2.18 bits per heavy atom. The van der Waals surface area contributed by atoms with Crippen molar-refractivity contribution in [2.24, 2.45) is 11.8 Å². The molecule has 1 heterocycles. The van der Waals surface area contributed by atoms with E-state index < -0.39 is 0 Å². The molecule has 8 heteroatoms. The maximum atomic E-state index is 13.6. The highest BCUT2D eigenvalue weighted by Crippen LogP contribution is 2.25. The molecule has 0 fully saturated rings. The molecule has 38 heavy (non-hydrogen) atoms. The van der Waals surface area contributed by atoms with Gasteiger partial charge in [-0.15, -0.1) is 0 Å². The van der Waals surface area contributed by atoms with Gasteiger partial charge in [-0.1, -0.05) is 27.7 Å². The molecule has 0 saturated heterocycles. The number of hydrogen-bond acceptors (Lipinski definition) is 5. The van der Waals surface area contributed by atoms with Crippen LogP contribution in [0.25, 0.3) is 11.0 Å². The van der Waals surface area contributed by atoms with Gasteiger partial charge < -0.3 is 24.8 Å². The van der Waals surface area contributed by atoms with Crippen molar-refractivity contribution < 1.29 is 14.3 Å². The first-order valence-corrected chi connectivity index (χ1v) is 13.6. The summed E-state index contributed by atoms with van der Waals surface area (Å²) >= 11 is 0. The number of hydrogen-bond donors (Lipinski definition) is 2. The topological polar surface area (TPSA) is 88.5 Å². The molecule has 0 atom stereocenters. The molecule has 0 aliphatic rings. The number of nitrogens with one attached hydrogen (secondary N) is 2. The van der Waals surface area contributed by atoms with Gasteiger partial charge in [0.25, 0.3) is 11.8 Å². The van der Waals surface area contributed by atoms with Crippen molar-refractivity contribution in [2.45, 2.75) is 53.5 Å². The number of methoxy groups -OCH3 is 1. The molecule has 2 aromatic carbocycles. The molecule has 1 aromatic heterocycles. The summed E-state index contributed by atoms with van der Waals surface area (Å²) < 4.78 is 7.39. The van der Waals surface area contributed by atoms with Crippen LogP contribution in [-0.2, 0) is 11.3 Å². The number of benzene rings is 2. The van der Waals surface area contributed by atoms with Crippen molar-refractivity contribution in [1.29, 1.82) is 0 Å². The fourth-order valence-corrected chi connectivity index (χ4v) is 4.25. The maximum Gasteiger partial charge on any atom is 0.253 e. The van der Waals surface area contributed by atoms with E-state index in [-0.39, 0.29) is 11.8 Å². The Hall–Kier alpha value is -3.39. The molecule has 0 radical (unpaired) electrons. The fourth-order valence-electron chi connectivity index (χ4n) is 4.25. The van der Waals surface area contributed by atoms with Gasteiger partial charge in [0.05, 0.1) is 11.0 Å². The van der Waals surface area contributed by atoms with Gasteiger partial charge in [-0.3, -0.25) is 9.59 Å². The normalized spacial score (nSPS) is 11.4. The van der Waals surface area contributed by atoms with Crippen LogP contribution in [0.5, 0.6) is 0 Å². The Labute approximate surface area is 226 Å². The number of fused-ring (bicyclic) bond motifs is 1. The van der Waals surface area contributed by atoms with Gasteiger partial charge in [-0.25, -0.2) is 4.98 Å². The molecular weight excluding hydrogens is 478 g/mol. The van der Waals surface area contributed by atoms with E-state index in [0.29, 0.717) is 42.1 Å². The number of amides is 2. The van der Waals surface area contributed by atoms with Crippen molar-refractivity contribution in [3.05, 3.63) is 53.6 Å². The molecule has 3 aromatic rings. The van der Waals surface area contributed by atoms with Crippen molar-refractivity contribution in [3.8, 4) is 0 Å². The van der Waals surface area contributed by atoms with Gasteiger partial charge in [0.1, 0.15) is 0 Å². The summed E-state index contributed by atoms with van der Waals surface area (Å²) in [5.41, 5.74) is 3.82. The van der Waals surface area contributed by atoms with Crippen LogP contribution >= 0.6 is 0 Å². The summed E-state index contributed by atoms with van der Waals surface area (Å²) in [4.78, 5) is 32.3. The summed E-state index contributed by atoms with van der Waals surface area (Å²) in [5.74, 6) is 1.69. The van der Waals surface area contributed by atoms with Crippen LogP contribution in [-0.4, -0.2) is 60.1 Å². The molecule has 0 aliphatic heterocycles. The Balaban J connectivity index is 1.93. The minimum atomic E-state index is -0.128. The van der Waals surface area contributed by atoms with E-state index >= 15 is 0 Å². The number of nitrogens with zero attached hydrogens (tertiary/aromatic N) is 3. The second kappa shape index (κ2) is 14.0. The van der Waals surface area contributed by atoms with E-state index in [0.717, 1.165) is 49.1 Å². The fraction of sp³-hybridized carbons (Fsp3) is 0.500. The van der Waals surface area contributed by atoms with E-state index in [1.54, 1.807) is 26.3 Å². The van der Waals surface area contributed by atoms with Crippen LogP contribution in [0.15, 0.2) is 42.5 Å². The molecule has 0 saturated carbocycles. The lowest BCUT2D eigenvalue weighted by atomic mass is 10.1. The summed E-state index contributed by atoms with van der Waals surface area (Å²) in [5, 5.41) is 6.03. The van der Waals surface area contributed by atoms with E-state index in [1.165, 1.54) is 0 Å². The highest BCUT2D eigenvalue weighted by Gasteiger charge is 2.19. The predicted molar refractivity (Wildman–Crippen MR) is 154 cm³/mol. The van der Waals surface area contributed by atoms with Crippen LogP contribution < -0.4 is 10.6 Å². The second-order valence-electron chi connectivity index (χ2n) is 10.6. The predicted octanol–water partition coefficient (Wildman–Crippen LogP) is 5.71. The van der Waals surface area contributed by atoms with E-state index in [4.69, 9.17) is 9.72 Å². The Bertz CT molecular complexity index is 1190. The highest BCUT2D eigenvalue weighted by molar-refractivity contribution is 5.98. The quantitative estimate of drug-likeness (QED) is 0.265. The molecule has 206 valence electrons. The SMILES string of the molecule is CNC(=O)c1ccc(Nc2nc3ccc(C(=O)N(CCC(C)C)CCC(C)C)cc3n2CCCOC)cc1. The van der Waals surface area contributed by atoms with Gasteiger partial charge in [-0.2, -0.15) is 0 Å². The molecule has 0 bridgehead atoms. The smallest absolute Gasteiger partial charge is 0.253 e. The summed E-state index contributed by atoms with van der Waals surface area (Å²) in [6.45, 7) is 11.6. The third-order valence-electron chi connectivity index (χ3n) is 6.60. The largest absolute Gasteiger partial charge is 0.385 e. The average molecular weight is 522 g/mol. The van der Waals surface area contributed by atoms with Crippen molar-refractivity contribution >= 4 is 34.5 Å². The zero-order valence-corrected chi connectivity index (χ0v) is 23.7. The summed E-state index contributed by atoms with van der Waals surface area (Å²) in [7, 11) is 3.31. The van der Waals surface area contributed by atoms with E-state index in [9.17, 15) is 9.59 Å². The van der Waals surface area contributed by atoms with Crippen LogP contribution in [0.4, 0.5) is 11.6 Å². The first kappa shape index (κ1) is 29.2. The van der Waals surface area contributed by atoms with Crippen molar-refractivity contribution in [1.82, 2.24) is 19.8 Å². The number of imidazole rings is 1. The monoisotopic (exact) mass is 521 g/mol. The van der Waals surface area contributed by atoms with Crippen LogP contribution in [0.3, 0.4) is 0 Å². The maximum absolute atomic E-state index is 13.6. The number of aromatic nitrogens is 2. The first-order chi connectivity index (χ1) is 18.2. The number of aryl methyl sites for hydroxylation is 1. The first-order valence-electron chi connectivity index (χ1n) is 13.6. The summed E-state index contributed by atoms with van der Waals surface area (Å²) in [6, 6.07) is 13.1. The molecular formula is C30H43N5O3. The lowest BCUT2D eigenvalue weighted by molar-refractivity contribution is 0.0740. The van der Waals surface area contributed by atoms with Gasteiger partial charge in [0.2, 0.25) is 5.95 Å². The van der Waals surface area contributed by atoms with Crippen LogP contribution in [0, 0.1) is 11.8 Å². The standard InChI is InChI=1S/C30H43N5O3/c1-21(2)14-17-34(18-15-22(3)4)29(37)24-10-13-26-27(20-24)35(16-7-19-38-6)30(33-26)32-25-11-8-23(9-12-25)28(36)31-5/h8-13,20-22H,7,14-19H2,1-6H3,(H,31,36)(H,32,33). The average Bonchev–Trinajstić information content (AvgIpc) is 3.24. The Kier molecular flexibility index (Phi) is 10.7.